The average Bonchev–Trinajstić information content (AvgIpc) is 2.80. The van der Waals surface area contributed by atoms with Crippen LogP contribution >= 0.6 is 12.2 Å². The minimum Gasteiger partial charge on any atom is -0.394 e. The molecule has 3 heterocycles. The molecule has 4 atom stereocenters. The lowest BCUT2D eigenvalue weighted by atomic mass is 10.1. The van der Waals surface area contributed by atoms with Crippen molar-refractivity contribution < 1.29 is 28.8 Å². The molecule has 4 N–H and O–H groups in total. The lowest BCUT2D eigenvalue weighted by molar-refractivity contribution is -0.0538. The Hall–Kier alpha value is -1.79. The van der Waals surface area contributed by atoms with Crippen LogP contribution in [0, 0.1) is 16.5 Å². The van der Waals surface area contributed by atoms with Gasteiger partial charge < -0.3 is 25.0 Å². The molecule has 1 fully saturated rings. The smallest absolute Gasteiger partial charge is 0.232 e. The minimum absolute atomic E-state index is 0.200. The van der Waals surface area contributed by atoms with Crippen LogP contribution in [-0.2, 0) is 4.74 Å². The number of halogens is 2. The molecule has 0 bridgehead atoms. The summed E-state index contributed by atoms with van der Waals surface area (Å²) in [6.07, 6.45) is -4.09. The van der Waals surface area contributed by atoms with Crippen molar-refractivity contribution in [3.63, 3.8) is 0 Å². The third kappa shape index (κ3) is 2.46. The second kappa shape index (κ2) is 5.69. The summed E-state index contributed by atoms with van der Waals surface area (Å²) >= 11 is 4.98. The van der Waals surface area contributed by atoms with Crippen LogP contribution in [-0.4, -0.2) is 54.8 Å². The number of H-pyrrole nitrogens is 1. The molecule has 124 valence electrons. The number of aliphatic hydroxyl groups is 3. The Balaban J connectivity index is 2.18. The average molecular weight is 347 g/mol. The van der Waals surface area contributed by atoms with E-state index >= 15 is 0 Å². The summed E-state index contributed by atoms with van der Waals surface area (Å²) in [7, 11) is 0. The first-order chi connectivity index (χ1) is 10.8. The topological polar surface area (TPSA) is 121 Å². The number of aromatic amines is 1. The number of aromatic nitrogens is 3. The van der Waals surface area contributed by atoms with E-state index < -0.39 is 48.3 Å². The highest BCUT2D eigenvalue weighted by molar-refractivity contribution is 7.71. The Morgan fingerprint density at radius 1 is 1.39 bits per heavy atom. The van der Waals surface area contributed by atoms with E-state index in [2.05, 4.69) is 4.98 Å². The lowest BCUT2D eigenvalue weighted by Crippen LogP contribution is -2.33. The van der Waals surface area contributed by atoms with Crippen molar-refractivity contribution in [2.45, 2.75) is 24.5 Å². The highest BCUT2D eigenvalue weighted by atomic mass is 32.1. The monoisotopic (exact) mass is 347 g/mol. The van der Waals surface area contributed by atoms with Crippen LogP contribution < -0.4 is 5.43 Å². The summed E-state index contributed by atoms with van der Waals surface area (Å²) < 4.78 is 32.7. The fraction of sp³-hybridized carbons (Fsp3) is 0.417. The molecule has 0 amide bonds. The van der Waals surface area contributed by atoms with Gasteiger partial charge in [-0.3, -0.25) is 9.36 Å². The quantitative estimate of drug-likeness (QED) is 0.421. The summed E-state index contributed by atoms with van der Waals surface area (Å²) in [6, 6.07) is 0. The highest BCUT2D eigenvalue weighted by Crippen LogP contribution is 2.29. The number of pyridine rings is 1. The van der Waals surface area contributed by atoms with Crippen molar-refractivity contribution in [3.8, 4) is 0 Å². The van der Waals surface area contributed by atoms with Gasteiger partial charge in [-0.15, -0.1) is 0 Å². The molecule has 3 rings (SSSR count). The number of nitrogens with zero attached hydrogens (tertiary/aromatic N) is 2. The Morgan fingerprint density at radius 3 is 2.70 bits per heavy atom. The standard InChI is InChI=1S/C12H11F2N3O5S/c13-5-6(19)3-1-17(12(23)16-10(3)15-9(5)14)11-8(21)7(20)4(2-18)22-11/h1,4,7-8,11,18,20-21H,2H2,(H,15,16,23)/t4-,7?,8?,11-/m1/s1. The SMILES string of the molecule is O=c1c(F)c(F)[nH]c2nc(=S)n([C@@H]3O[C@H](CO)C(O)C3O)cc12. The highest BCUT2D eigenvalue weighted by Gasteiger charge is 2.43. The first-order valence-corrected chi connectivity index (χ1v) is 6.88. The van der Waals surface area contributed by atoms with Gasteiger partial charge in [0, 0.05) is 6.20 Å². The molecule has 0 saturated carbocycles. The zero-order chi connectivity index (χ0) is 16.9. The number of rotatable bonds is 2. The summed E-state index contributed by atoms with van der Waals surface area (Å²) in [4.78, 5) is 17.5. The van der Waals surface area contributed by atoms with Gasteiger partial charge >= 0.3 is 0 Å². The summed E-state index contributed by atoms with van der Waals surface area (Å²) in [5, 5.41) is 28.5. The predicted octanol–water partition coefficient (Wildman–Crippen LogP) is -0.656. The molecule has 0 aliphatic carbocycles. The molecule has 8 nitrogen and oxygen atoms in total. The summed E-state index contributed by atoms with van der Waals surface area (Å²) in [5.74, 6) is -3.07. The lowest BCUT2D eigenvalue weighted by Gasteiger charge is -2.18. The molecule has 0 aromatic carbocycles. The fourth-order valence-electron chi connectivity index (χ4n) is 2.40. The van der Waals surface area contributed by atoms with Crippen molar-refractivity contribution in [1.82, 2.24) is 14.5 Å². The van der Waals surface area contributed by atoms with Crippen molar-refractivity contribution in [3.05, 3.63) is 33.0 Å². The van der Waals surface area contributed by atoms with Crippen LogP contribution in [0.5, 0.6) is 0 Å². The Kier molecular flexibility index (Phi) is 3.98. The van der Waals surface area contributed by atoms with E-state index in [9.17, 15) is 23.8 Å². The number of hydrogen-bond acceptors (Lipinski definition) is 7. The molecule has 0 radical (unpaired) electrons. The van der Waals surface area contributed by atoms with Crippen LogP contribution in [0.3, 0.4) is 0 Å². The van der Waals surface area contributed by atoms with E-state index in [0.29, 0.717) is 0 Å². The first-order valence-electron chi connectivity index (χ1n) is 6.47. The van der Waals surface area contributed by atoms with E-state index in [1.165, 1.54) is 0 Å². The van der Waals surface area contributed by atoms with Gasteiger partial charge in [-0.25, -0.2) is 4.98 Å². The molecule has 2 unspecified atom stereocenters. The van der Waals surface area contributed by atoms with Crippen LogP contribution in [0.1, 0.15) is 6.23 Å². The molecule has 2 aromatic heterocycles. The second-order valence-corrected chi connectivity index (χ2v) is 5.37. The van der Waals surface area contributed by atoms with Crippen molar-refractivity contribution in [2.75, 3.05) is 6.61 Å². The number of nitrogens with one attached hydrogen (secondary N) is 1. The van der Waals surface area contributed by atoms with Crippen LogP contribution in [0.15, 0.2) is 11.0 Å². The molecule has 1 aliphatic heterocycles. The summed E-state index contributed by atoms with van der Waals surface area (Å²) in [6.45, 7) is -0.552. The van der Waals surface area contributed by atoms with Crippen molar-refractivity contribution in [1.29, 1.82) is 0 Å². The normalized spacial score (nSPS) is 27.7. The maximum Gasteiger partial charge on any atom is 0.232 e. The van der Waals surface area contributed by atoms with E-state index in [-0.39, 0.29) is 15.8 Å². The van der Waals surface area contributed by atoms with Gasteiger partial charge in [-0.2, -0.15) is 8.78 Å². The molecule has 23 heavy (non-hydrogen) atoms. The number of aliphatic hydroxyl groups excluding tert-OH is 3. The molecule has 2 aromatic rings. The van der Waals surface area contributed by atoms with Crippen molar-refractivity contribution in [2.24, 2.45) is 0 Å². The number of hydrogen-bond donors (Lipinski definition) is 4. The molecular formula is C12H11F2N3O5S. The Morgan fingerprint density at radius 2 is 2.09 bits per heavy atom. The molecule has 0 spiro atoms. The van der Waals surface area contributed by atoms with Gasteiger partial charge in [0.1, 0.15) is 24.0 Å². The zero-order valence-electron chi connectivity index (χ0n) is 11.3. The second-order valence-electron chi connectivity index (χ2n) is 5.00. The summed E-state index contributed by atoms with van der Waals surface area (Å²) in [5.41, 5.74) is -1.50. The van der Waals surface area contributed by atoms with E-state index in [1.54, 1.807) is 0 Å². The maximum absolute atomic E-state index is 13.4. The van der Waals surface area contributed by atoms with Gasteiger partial charge in [-0.05, 0) is 12.2 Å². The van der Waals surface area contributed by atoms with E-state index in [0.717, 1.165) is 10.8 Å². The number of ether oxygens (including phenoxy) is 1. The molecular weight excluding hydrogens is 336 g/mol. The predicted molar refractivity (Wildman–Crippen MR) is 74.1 cm³/mol. The van der Waals surface area contributed by atoms with Crippen LogP contribution in [0.2, 0.25) is 0 Å². The van der Waals surface area contributed by atoms with Gasteiger partial charge in [0.2, 0.25) is 22.0 Å². The van der Waals surface area contributed by atoms with Gasteiger partial charge in [0.25, 0.3) is 0 Å². The Bertz CT molecular complexity index is 885. The van der Waals surface area contributed by atoms with Crippen molar-refractivity contribution >= 4 is 23.3 Å². The molecule has 1 aliphatic rings. The van der Waals surface area contributed by atoms with Crippen LogP contribution in [0.25, 0.3) is 11.0 Å². The minimum atomic E-state index is -1.61. The van der Waals surface area contributed by atoms with Gasteiger partial charge in [0.15, 0.2) is 6.23 Å². The zero-order valence-corrected chi connectivity index (χ0v) is 12.1. The van der Waals surface area contributed by atoms with Gasteiger partial charge in [0.05, 0.1) is 12.0 Å². The fourth-order valence-corrected chi connectivity index (χ4v) is 2.65. The molecule has 11 heteroatoms. The maximum atomic E-state index is 13.4. The Labute approximate surface area is 131 Å². The molecule has 1 saturated heterocycles. The van der Waals surface area contributed by atoms with Gasteiger partial charge in [-0.1, -0.05) is 0 Å². The largest absolute Gasteiger partial charge is 0.394 e. The third-order valence-electron chi connectivity index (χ3n) is 3.61. The third-order valence-corrected chi connectivity index (χ3v) is 3.91. The van der Waals surface area contributed by atoms with Crippen LogP contribution in [0.4, 0.5) is 8.78 Å². The van der Waals surface area contributed by atoms with E-state index in [1.807, 2.05) is 4.98 Å². The first kappa shape index (κ1) is 16.1. The van der Waals surface area contributed by atoms with E-state index in [4.69, 9.17) is 22.1 Å². The number of fused-ring (bicyclic) bond motifs is 1.